The Kier molecular flexibility index (Phi) is 3.34. The van der Waals surface area contributed by atoms with Gasteiger partial charge in [0.25, 0.3) is 0 Å². The molecular formula is C10H14N2O2. The molecule has 0 atom stereocenters. The Balaban J connectivity index is 3.09. The van der Waals surface area contributed by atoms with Gasteiger partial charge in [-0.05, 0) is 19.1 Å². The van der Waals surface area contributed by atoms with Crippen LogP contribution in [-0.2, 0) is 4.84 Å². The van der Waals surface area contributed by atoms with E-state index >= 15 is 0 Å². The molecule has 76 valence electrons. The Morgan fingerprint density at radius 1 is 1.29 bits per heavy atom. The third-order valence-electron chi connectivity index (χ3n) is 1.81. The molecule has 0 aliphatic rings. The summed E-state index contributed by atoms with van der Waals surface area (Å²) in [5.41, 5.74) is 7.99. The first-order chi connectivity index (χ1) is 6.67. The van der Waals surface area contributed by atoms with Crippen LogP contribution in [0.25, 0.3) is 0 Å². The van der Waals surface area contributed by atoms with Gasteiger partial charge < -0.3 is 15.3 Å². The first kappa shape index (κ1) is 10.4. The van der Waals surface area contributed by atoms with Gasteiger partial charge in [-0.15, -0.1) is 0 Å². The van der Waals surface area contributed by atoms with Crippen molar-refractivity contribution in [3.8, 4) is 5.75 Å². The summed E-state index contributed by atoms with van der Waals surface area (Å²) in [6, 6.07) is 5.43. The highest BCUT2D eigenvalue weighted by atomic mass is 16.6. The SMILES string of the molecule is CO/N=C(\C)c1cc(N)cc(OC)c1. The molecule has 1 rings (SSSR count). The lowest BCUT2D eigenvalue weighted by atomic mass is 10.1. The topological polar surface area (TPSA) is 56.8 Å². The molecule has 4 nitrogen and oxygen atoms in total. The number of rotatable bonds is 3. The maximum atomic E-state index is 5.69. The number of nitrogens with two attached hydrogens (primary N) is 1. The van der Waals surface area contributed by atoms with Gasteiger partial charge in [0.05, 0.1) is 12.8 Å². The van der Waals surface area contributed by atoms with Gasteiger partial charge in [0, 0.05) is 17.3 Å². The normalized spacial score (nSPS) is 11.2. The number of oxime groups is 1. The zero-order chi connectivity index (χ0) is 10.6. The van der Waals surface area contributed by atoms with E-state index in [-0.39, 0.29) is 0 Å². The van der Waals surface area contributed by atoms with Gasteiger partial charge in [-0.2, -0.15) is 0 Å². The number of hydrogen-bond donors (Lipinski definition) is 1. The van der Waals surface area contributed by atoms with Gasteiger partial charge >= 0.3 is 0 Å². The number of methoxy groups -OCH3 is 1. The predicted molar refractivity (Wildman–Crippen MR) is 56.6 cm³/mol. The van der Waals surface area contributed by atoms with E-state index in [1.807, 2.05) is 19.1 Å². The van der Waals surface area contributed by atoms with Crippen LogP contribution in [0.1, 0.15) is 12.5 Å². The molecule has 0 saturated heterocycles. The Morgan fingerprint density at radius 2 is 2.00 bits per heavy atom. The summed E-state index contributed by atoms with van der Waals surface area (Å²) in [5.74, 6) is 0.714. The molecule has 1 aromatic rings. The van der Waals surface area contributed by atoms with E-state index in [9.17, 15) is 0 Å². The summed E-state index contributed by atoms with van der Waals surface area (Å²) in [6.45, 7) is 1.84. The van der Waals surface area contributed by atoms with Crippen LogP contribution >= 0.6 is 0 Å². The van der Waals surface area contributed by atoms with E-state index in [1.54, 1.807) is 13.2 Å². The summed E-state index contributed by atoms with van der Waals surface area (Å²) in [6.07, 6.45) is 0. The molecule has 0 heterocycles. The van der Waals surface area contributed by atoms with E-state index in [0.717, 1.165) is 11.3 Å². The van der Waals surface area contributed by atoms with Crippen molar-refractivity contribution in [3.05, 3.63) is 23.8 Å². The van der Waals surface area contributed by atoms with E-state index < -0.39 is 0 Å². The molecule has 0 radical (unpaired) electrons. The van der Waals surface area contributed by atoms with Crippen molar-refractivity contribution < 1.29 is 9.57 Å². The van der Waals surface area contributed by atoms with Gasteiger partial charge in [-0.1, -0.05) is 5.16 Å². The second-order valence-corrected chi connectivity index (χ2v) is 2.85. The summed E-state index contributed by atoms with van der Waals surface area (Å²) in [4.78, 5) is 4.68. The van der Waals surface area contributed by atoms with Crippen molar-refractivity contribution in [2.24, 2.45) is 5.16 Å². The van der Waals surface area contributed by atoms with E-state index in [1.165, 1.54) is 7.11 Å². The van der Waals surface area contributed by atoms with Crippen molar-refractivity contribution in [2.45, 2.75) is 6.92 Å². The van der Waals surface area contributed by atoms with Crippen molar-refractivity contribution in [2.75, 3.05) is 20.0 Å². The quantitative estimate of drug-likeness (QED) is 0.452. The zero-order valence-corrected chi connectivity index (χ0v) is 8.57. The lowest BCUT2D eigenvalue weighted by Crippen LogP contribution is -1.98. The lowest BCUT2D eigenvalue weighted by Gasteiger charge is -2.05. The molecule has 0 fully saturated rings. The van der Waals surface area contributed by atoms with Crippen LogP contribution < -0.4 is 10.5 Å². The number of hydrogen-bond acceptors (Lipinski definition) is 4. The first-order valence-corrected chi connectivity index (χ1v) is 4.20. The zero-order valence-electron chi connectivity index (χ0n) is 8.57. The number of nitrogens with zero attached hydrogens (tertiary/aromatic N) is 1. The maximum Gasteiger partial charge on any atom is 0.121 e. The smallest absolute Gasteiger partial charge is 0.121 e. The molecule has 0 aliphatic carbocycles. The van der Waals surface area contributed by atoms with Crippen molar-refractivity contribution >= 4 is 11.4 Å². The third kappa shape index (κ3) is 2.39. The minimum absolute atomic E-state index is 0.644. The van der Waals surface area contributed by atoms with Gasteiger partial charge in [0.15, 0.2) is 0 Å². The molecule has 0 bridgehead atoms. The molecule has 0 spiro atoms. The molecule has 14 heavy (non-hydrogen) atoms. The Morgan fingerprint density at radius 3 is 2.57 bits per heavy atom. The van der Waals surface area contributed by atoms with Gasteiger partial charge in [0.2, 0.25) is 0 Å². The minimum Gasteiger partial charge on any atom is -0.497 e. The minimum atomic E-state index is 0.644. The number of benzene rings is 1. The van der Waals surface area contributed by atoms with Crippen LogP contribution in [0.5, 0.6) is 5.75 Å². The van der Waals surface area contributed by atoms with Gasteiger partial charge in [-0.25, -0.2) is 0 Å². The standard InChI is InChI=1S/C10H14N2O2/c1-7(12-14-3)8-4-9(11)6-10(5-8)13-2/h4-6H,11H2,1-3H3/b12-7+. The molecule has 4 heteroatoms. The second-order valence-electron chi connectivity index (χ2n) is 2.85. The van der Waals surface area contributed by atoms with E-state index in [4.69, 9.17) is 10.5 Å². The largest absolute Gasteiger partial charge is 0.497 e. The first-order valence-electron chi connectivity index (χ1n) is 4.20. The van der Waals surface area contributed by atoms with Crippen LogP contribution in [0.3, 0.4) is 0 Å². The van der Waals surface area contributed by atoms with Crippen LogP contribution in [0.4, 0.5) is 5.69 Å². The molecular weight excluding hydrogens is 180 g/mol. The fraction of sp³-hybridized carbons (Fsp3) is 0.300. The number of ether oxygens (including phenoxy) is 1. The lowest BCUT2D eigenvalue weighted by molar-refractivity contribution is 0.213. The monoisotopic (exact) mass is 194 g/mol. The predicted octanol–water partition coefficient (Wildman–Crippen LogP) is 1.65. The maximum absolute atomic E-state index is 5.69. The van der Waals surface area contributed by atoms with Crippen molar-refractivity contribution in [1.82, 2.24) is 0 Å². The summed E-state index contributed by atoms with van der Waals surface area (Å²) in [7, 11) is 3.11. The molecule has 0 amide bonds. The van der Waals surface area contributed by atoms with Crippen LogP contribution in [0.2, 0.25) is 0 Å². The van der Waals surface area contributed by atoms with Crippen LogP contribution in [-0.4, -0.2) is 19.9 Å². The summed E-state index contributed by atoms with van der Waals surface area (Å²) in [5, 5.41) is 3.82. The van der Waals surface area contributed by atoms with Crippen molar-refractivity contribution in [3.63, 3.8) is 0 Å². The van der Waals surface area contributed by atoms with Gasteiger partial charge in [-0.3, -0.25) is 0 Å². The molecule has 0 unspecified atom stereocenters. The highest BCUT2D eigenvalue weighted by molar-refractivity contribution is 5.99. The van der Waals surface area contributed by atoms with Crippen LogP contribution in [0, 0.1) is 0 Å². The fourth-order valence-electron chi connectivity index (χ4n) is 1.14. The molecule has 0 aliphatic heterocycles. The van der Waals surface area contributed by atoms with E-state index in [0.29, 0.717) is 11.4 Å². The average molecular weight is 194 g/mol. The second kappa shape index (κ2) is 4.50. The van der Waals surface area contributed by atoms with Crippen molar-refractivity contribution in [1.29, 1.82) is 0 Å². The summed E-state index contributed by atoms with van der Waals surface area (Å²) < 4.78 is 5.09. The summed E-state index contributed by atoms with van der Waals surface area (Å²) >= 11 is 0. The molecule has 0 saturated carbocycles. The third-order valence-corrected chi connectivity index (χ3v) is 1.81. The number of nitrogen functional groups attached to an aromatic ring is 1. The van der Waals surface area contributed by atoms with Crippen LogP contribution in [0.15, 0.2) is 23.4 Å². The Bertz CT molecular complexity index is 348. The Hall–Kier alpha value is -1.71. The van der Waals surface area contributed by atoms with E-state index in [2.05, 4.69) is 9.99 Å². The molecule has 0 aromatic heterocycles. The Labute approximate surface area is 83.3 Å². The molecule has 1 aromatic carbocycles. The van der Waals surface area contributed by atoms with Gasteiger partial charge in [0.1, 0.15) is 12.9 Å². The molecule has 2 N–H and O–H groups in total. The average Bonchev–Trinajstić information content (AvgIpc) is 2.17. The highest BCUT2D eigenvalue weighted by Crippen LogP contribution is 2.18. The number of anilines is 1. The highest BCUT2D eigenvalue weighted by Gasteiger charge is 2.02. The fourth-order valence-corrected chi connectivity index (χ4v) is 1.14.